The number of aliphatic carboxylic acids is 1. The first-order valence-corrected chi connectivity index (χ1v) is 5.79. The molecular weight excluding hydrogens is 240 g/mol. The van der Waals surface area contributed by atoms with Crippen LogP contribution in [0.15, 0.2) is 18.2 Å². The van der Waals surface area contributed by atoms with Crippen molar-refractivity contribution in [2.24, 2.45) is 0 Å². The molecule has 0 radical (unpaired) electrons. The third kappa shape index (κ3) is 4.79. The molecule has 0 amide bonds. The molecule has 0 aliphatic heterocycles. The Morgan fingerprint density at radius 3 is 2.28 bits per heavy atom. The van der Waals surface area contributed by atoms with Crippen LogP contribution in [0, 0.1) is 11.6 Å². The van der Waals surface area contributed by atoms with Gasteiger partial charge in [0, 0.05) is 25.2 Å². The van der Waals surface area contributed by atoms with Gasteiger partial charge >= 0.3 is 5.97 Å². The third-order valence-corrected chi connectivity index (χ3v) is 2.65. The van der Waals surface area contributed by atoms with Crippen LogP contribution < -0.4 is 0 Å². The topological polar surface area (TPSA) is 40.5 Å². The largest absolute Gasteiger partial charge is 0.481 e. The minimum Gasteiger partial charge on any atom is -0.481 e. The fraction of sp³-hybridized carbons (Fsp3) is 0.462. The first-order valence-electron chi connectivity index (χ1n) is 5.79. The second-order valence-corrected chi connectivity index (χ2v) is 4.49. The van der Waals surface area contributed by atoms with Crippen molar-refractivity contribution in [1.29, 1.82) is 0 Å². The van der Waals surface area contributed by atoms with Gasteiger partial charge in [0.15, 0.2) is 0 Å². The zero-order chi connectivity index (χ0) is 13.7. The van der Waals surface area contributed by atoms with Crippen molar-refractivity contribution >= 4 is 5.97 Å². The van der Waals surface area contributed by atoms with Crippen molar-refractivity contribution in [3.05, 3.63) is 35.4 Å². The Morgan fingerprint density at radius 2 is 1.83 bits per heavy atom. The number of hydrogen-bond acceptors (Lipinski definition) is 2. The predicted molar refractivity (Wildman–Crippen MR) is 64.2 cm³/mol. The fourth-order valence-corrected chi connectivity index (χ4v) is 1.70. The van der Waals surface area contributed by atoms with Gasteiger partial charge in [-0.05, 0) is 31.5 Å². The van der Waals surface area contributed by atoms with Gasteiger partial charge in [0.25, 0.3) is 0 Å². The van der Waals surface area contributed by atoms with Crippen LogP contribution in [0.1, 0.15) is 25.8 Å². The zero-order valence-corrected chi connectivity index (χ0v) is 10.5. The number of hydrogen-bond donors (Lipinski definition) is 1. The minimum atomic E-state index is -0.883. The highest BCUT2D eigenvalue weighted by Crippen LogP contribution is 2.12. The molecule has 0 saturated carbocycles. The molecule has 0 aromatic heterocycles. The summed E-state index contributed by atoms with van der Waals surface area (Å²) in [5.74, 6) is -2.12. The lowest BCUT2D eigenvalue weighted by molar-refractivity contribution is -0.137. The number of nitrogens with zero attached hydrogens (tertiary/aromatic N) is 1. The molecule has 0 aliphatic carbocycles. The van der Waals surface area contributed by atoms with E-state index in [0.29, 0.717) is 18.7 Å². The molecule has 0 fully saturated rings. The van der Waals surface area contributed by atoms with Gasteiger partial charge in [0.1, 0.15) is 11.6 Å². The lowest BCUT2D eigenvalue weighted by Gasteiger charge is -2.25. The highest BCUT2D eigenvalue weighted by Gasteiger charge is 2.13. The molecule has 100 valence electrons. The summed E-state index contributed by atoms with van der Waals surface area (Å²) in [6, 6.07) is 3.45. The van der Waals surface area contributed by atoms with E-state index in [1.165, 1.54) is 12.1 Å². The summed E-state index contributed by atoms with van der Waals surface area (Å²) in [6.07, 6.45) is 0.00990. The van der Waals surface area contributed by atoms with Gasteiger partial charge in [0.05, 0.1) is 6.42 Å². The second kappa shape index (κ2) is 6.44. The highest BCUT2D eigenvalue weighted by molar-refractivity contribution is 5.66. The van der Waals surface area contributed by atoms with Crippen LogP contribution in [0.3, 0.4) is 0 Å². The van der Waals surface area contributed by atoms with Crippen molar-refractivity contribution in [3.63, 3.8) is 0 Å². The van der Waals surface area contributed by atoms with Gasteiger partial charge in [-0.1, -0.05) is 0 Å². The maximum absolute atomic E-state index is 13.0. The normalized spacial score (nSPS) is 11.2. The molecular formula is C13H17F2NO2. The molecule has 0 spiro atoms. The zero-order valence-electron chi connectivity index (χ0n) is 10.5. The summed E-state index contributed by atoms with van der Waals surface area (Å²) < 4.78 is 26.1. The van der Waals surface area contributed by atoms with Crippen LogP contribution in [0.25, 0.3) is 0 Å². The molecule has 3 nitrogen and oxygen atoms in total. The van der Waals surface area contributed by atoms with E-state index < -0.39 is 17.6 Å². The summed E-state index contributed by atoms with van der Waals surface area (Å²) in [7, 11) is 0. The Balaban J connectivity index is 2.73. The second-order valence-electron chi connectivity index (χ2n) is 4.49. The van der Waals surface area contributed by atoms with Crippen LogP contribution in [0.5, 0.6) is 0 Å². The maximum atomic E-state index is 13.0. The smallest absolute Gasteiger partial charge is 0.304 e. The fourth-order valence-electron chi connectivity index (χ4n) is 1.70. The maximum Gasteiger partial charge on any atom is 0.304 e. The number of carboxylic acids is 1. The number of benzene rings is 1. The van der Waals surface area contributed by atoms with Crippen LogP contribution in [0.4, 0.5) is 8.78 Å². The van der Waals surface area contributed by atoms with E-state index in [4.69, 9.17) is 5.11 Å². The molecule has 1 aromatic rings. The van der Waals surface area contributed by atoms with Gasteiger partial charge in [0.2, 0.25) is 0 Å². The Labute approximate surface area is 105 Å². The molecule has 5 heteroatoms. The van der Waals surface area contributed by atoms with Gasteiger partial charge in [-0.15, -0.1) is 0 Å². The van der Waals surface area contributed by atoms with Crippen molar-refractivity contribution in [3.8, 4) is 0 Å². The van der Waals surface area contributed by atoms with E-state index in [2.05, 4.69) is 0 Å². The van der Waals surface area contributed by atoms with Crippen LogP contribution >= 0.6 is 0 Å². The van der Waals surface area contributed by atoms with Crippen LogP contribution in [-0.4, -0.2) is 28.6 Å². The molecule has 0 atom stereocenters. The molecule has 1 aromatic carbocycles. The number of carbonyl (C=O) groups is 1. The van der Waals surface area contributed by atoms with Crippen molar-refractivity contribution < 1.29 is 18.7 Å². The predicted octanol–water partition coefficient (Wildman–Crippen LogP) is 2.65. The average molecular weight is 257 g/mol. The summed E-state index contributed by atoms with van der Waals surface area (Å²) in [5, 5.41) is 8.65. The summed E-state index contributed by atoms with van der Waals surface area (Å²) in [6.45, 7) is 4.51. The van der Waals surface area contributed by atoms with E-state index >= 15 is 0 Å². The number of rotatable bonds is 6. The third-order valence-electron chi connectivity index (χ3n) is 2.65. The van der Waals surface area contributed by atoms with E-state index in [1.807, 2.05) is 18.7 Å². The van der Waals surface area contributed by atoms with Crippen LogP contribution in [0.2, 0.25) is 0 Å². The molecule has 18 heavy (non-hydrogen) atoms. The molecule has 0 saturated heterocycles. The first kappa shape index (κ1) is 14.6. The molecule has 1 N–H and O–H groups in total. The van der Waals surface area contributed by atoms with E-state index in [1.54, 1.807) is 0 Å². The van der Waals surface area contributed by atoms with Gasteiger partial charge in [-0.3, -0.25) is 9.69 Å². The Kier molecular flexibility index (Phi) is 5.22. The minimum absolute atomic E-state index is 0.00990. The standard InChI is InChI=1S/C13H17F2NO2/c1-9(2)16(4-3-13(17)18)8-10-5-11(14)7-12(15)6-10/h5-7,9H,3-4,8H2,1-2H3,(H,17,18). The SMILES string of the molecule is CC(C)N(CCC(=O)O)Cc1cc(F)cc(F)c1. The molecule has 1 rings (SSSR count). The van der Waals surface area contributed by atoms with Crippen LogP contribution in [-0.2, 0) is 11.3 Å². The van der Waals surface area contributed by atoms with Gasteiger partial charge < -0.3 is 5.11 Å². The lowest BCUT2D eigenvalue weighted by Crippen LogP contribution is -2.32. The summed E-state index contributed by atoms with van der Waals surface area (Å²) in [5.41, 5.74) is 0.506. The van der Waals surface area contributed by atoms with Gasteiger partial charge in [-0.25, -0.2) is 8.78 Å². The first-order chi connectivity index (χ1) is 8.38. The molecule has 0 unspecified atom stereocenters. The van der Waals surface area contributed by atoms with Crippen molar-refractivity contribution in [2.45, 2.75) is 32.9 Å². The van der Waals surface area contributed by atoms with Crippen molar-refractivity contribution in [1.82, 2.24) is 4.90 Å². The summed E-state index contributed by atoms with van der Waals surface area (Å²) in [4.78, 5) is 12.4. The average Bonchev–Trinajstić information content (AvgIpc) is 2.22. The Bertz CT molecular complexity index is 401. The Morgan fingerprint density at radius 1 is 1.28 bits per heavy atom. The lowest BCUT2D eigenvalue weighted by atomic mass is 10.1. The van der Waals surface area contributed by atoms with Crippen molar-refractivity contribution in [2.75, 3.05) is 6.54 Å². The van der Waals surface area contributed by atoms with E-state index in [9.17, 15) is 13.6 Å². The highest BCUT2D eigenvalue weighted by atomic mass is 19.1. The number of carboxylic acid groups (broad SMARTS) is 1. The van der Waals surface area contributed by atoms with Gasteiger partial charge in [-0.2, -0.15) is 0 Å². The quantitative estimate of drug-likeness (QED) is 0.851. The number of halogens is 2. The summed E-state index contributed by atoms with van der Waals surface area (Å²) >= 11 is 0. The molecule has 0 aliphatic rings. The van der Waals surface area contributed by atoms with E-state index in [0.717, 1.165) is 6.07 Å². The van der Waals surface area contributed by atoms with E-state index in [-0.39, 0.29) is 12.5 Å². The monoisotopic (exact) mass is 257 g/mol. The molecule has 0 bridgehead atoms. The Hall–Kier alpha value is -1.49. The molecule has 0 heterocycles.